The van der Waals surface area contributed by atoms with Crippen LogP contribution in [-0.4, -0.2) is 55.8 Å². The van der Waals surface area contributed by atoms with Crippen molar-refractivity contribution < 1.29 is 28.6 Å². The first-order valence-corrected chi connectivity index (χ1v) is 10.2. The quantitative estimate of drug-likeness (QED) is 0.262. The summed E-state index contributed by atoms with van der Waals surface area (Å²) in [5.41, 5.74) is 4.29. The molecule has 0 aromatic heterocycles. The number of benzene rings is 2. The average Bonchev–Trinajstić information content (AvgIpc) is 3.06. The van der Waals surface area contributed by atoms with Crippen LogP contribution in [0.25, 0.3) is 0 Å². The van der Waals surface area contributed by atoms with E-state index >= 15 is 0 Å². The molecular weight excluding hydrogens is 414 g/mol. The normalized spacial score (nSPS) is 13.1. The van der Waals surface area contributed by atoms with E-state index < -0.39 is 5.97 Å². The molecule has 0 spiro atoms. The van der Waals surface area contributed by atoms with E-state index in [9.17, 15) is 14.4 Å². The Morgan fingerprint density at radius 1 is 1.03 bits per heavy atom. The first kappa shape index (κ1) is 22.8. The number of hydrogen-bond acceptors (Lipinski definition) is 8. The monoisotopic (exact) mass is 439 g/mol. The van der Waals surface area contributed by atoms with Crippen LogP contribution in [0.15, 0.2) is 47.6 Å². The minimum atomic E-state index is -0.574. The Morgan fingerprint density at radius 2 is 1.72 bits per heavy atom. The lowest BCUT2D eigenvalue weighted by Gasteiger charge is -2.14. The van der Waals surface area contributed by atoms with E-state index in [4.69, 9.17) is 14.2 Å². The number of carbonyl (C=O) groups is 3. The number of rotatable bonds is 10. The molecule has 168 valence electrons. The number of anilines is 1. The second-order valence-corrected chi connectivity index (χ2v) is 6.87. The second-order valence-electron chi connectivity index (χ2n) is 6.87. The average molecular weight is 439 g/mol. The molecule has 0 bridgehead atoms. The number of hydrazone groups is 1. The Balaban J connectivity index is 1.69. The molecule has 1 aliphatic rings. The molecule has 1 N–H and O–H groups in total. The fraction of sp³-hybridized carbons (Fsp3) is 0.304. The smallest absolute Gasteiger partial charge is 0.354 e. The fourth-order valence-electron chi connectivity index (χ4n) is 3.28. The highest BCUT2D eigenvalue weighted by Crippen LogP contribution is 2.29. The number of amides is 2. The zero-order valence-corrected chi connectivity index (χ0v) is 18.2. The maximum Gasteiger partial charge on any atom is 0.354 e. The lowest BCUT2D eigenvalue weighted by Crippen LogP contribution is -2.31. The van der Waals surface area contributed by atoms with E-state index in [0.717, 1.165) is 0 Å². The number of imide groups is 1. The molecule has 9 heteroatoms. The molecule has 0 unspecified atom stereocenters. The van der Waals surface area contributed by atoms with E-state index in [1.165, 1.54) is 12.0 Å². The van der Waals surface area contributed by atoms with Crippen LogP contribution in [0.1, 0.15) is 40.5 Å². The topological polar surface area (TPSA) is 107 Å². The molecule has 3 rings (SSSR count). The van der Waals surface area contributed by atoms with Crippen LogP contribution in [-0.2, 0) is 9.53 Å². The lowest BCUT2D eigenvalue weighted by atomic mass is 10.1. The lowest BCUT2D eigenvalue weighted by molar-refractivity contribution is -0.135. The third kappa shape index (κ3) is 4.88. The van der Waals surface area contributed by atoms with Crippen LogP contribution < -0.4 is 14.9 Å². The molecule has 9 nitrogen and oxygen atoms in total. The summed E-state index contributed by atoms with van der Waals surface area (Å²) in [5, 5.41) is 4.20. The summed E-state index contributed by atoms with van der Waals surface area (Å²) in [6, 6.07) is 11.8. The fourth-order valence-corrected chi connectivity index (χ4v) is 3.28. The molecule has 0 saturated heterocycles. The highest BCUT2D eigenvalue weighted by atomic mass is 16.5. The van der Waals surface area contributed by atoms with Gasteiger partial charge in [-0.1, -0.05) is 12.1 Å². The van der Waals surface area contributed by atoms with E-state index in [2.05, 4.69) is 10.5 Å². The van der Waals surface area contributed by atoms with Crippen molar-refractivity contribution >= 4 is 29.2 Å². The van der Waals surface area contributed by atoms with Gasteiger partial charge in [-0.3, -0.25) is 19.9 Å². The maximum absolute atomic E-state index is 12.5. The van der Waals surface area contributed by atoms with Crippen molar-refractivity contribution in [1.29, 1.82) is 0 Å². The van der Waals surface area contributed by atoms with Gasteiger partial charge in [0.1, 0.15) is 17.2 Å². The number of fused-ring (bicyclic) bond motifs is 1. The molecule has 0 fully saturated rings. The predicted molar refractivity (Wildman–Crippen MR) is 118 cm³/mol. The Morgan fingerprint density at radius 3 is 2.31 bits per heavy atom. The minimum absolute atomic E-state index is 0.140. The molecule has 1 heterocycles. The number of carbonyl (C=O) groups excluding carboxylic acids is 3. The summed E-state index contributed by atoms with van der Waals surface area (Å²) in [7, 11) is 3.06. The Labute approximate surface area is 185 Å². The van der Waals surface area contributed by atoms with Crippen molar-refractivity contribution in [3.05, 3.63) is 53.6 Å². The first-order chi connectivity index (χ1) is 15.5. The van der Waals surface area contributed by atoms with Gasteiger partial charge in [0.15, 0.2) is 0 Å². The number of methoxy groups -OCH3 is 2. The first-order valence-electron chi connectivity index (χ1n) is 10.2. The third-order valence-electron chi connectivity index (χ3n) is 4.90. The number of esters is 1. The summed E-state index contributed by atoms with van der Waals surface area (Å²) in [5.74, 6) is -0.136. The van der Waals surface area contributed by atoms with Crippen molar-refractivity contribution in [2.75, 3.05) is 32.8 Å². The zero-order valence-electron chi connectivity index (χ0n) is 18.2. The van der Waals surface area contributed by atoms with Gasteiger partial charge in [0.05, 0.1) is 37.6 Å². The number of ether oxygens (including phenoxy) is 3. The van der Waals surface area contributed by atoms with Crippen LogP contribution in [0.4, 0.5) is 5.69 Å². The summed E-state index contributed by atoms with van der Waals surface area (Å²) in [6.07, 6.45) is 0.558. The summed E-state index contributed by atoms with van der Waals surface area (Å²) in [6.45, 7) is 2.06. The number of hydrogen-bond donors (Lipinski definition) is 1. The molecule has 1 aliphatic heterocycles. The Kier molecular flexibility index (Phi) is 7.43. The molecule has 2 aromatic carbocycles. The summed E-state index contributed by atoms with van der Waals surface area (Å²) < 4.78 is 15.6. The second kappa shape index (κ2) is 10.4. The van der Waals surface area contributed by atoms with Gasteiger partial charge in [-0.15, -0.1) is 0 Å². The van der Waals surface area contributed by atoms with Gasteiger partial charge in [0.25, 0.3) is 11.8 Å². The molecular formula is C23H25N3O6. The van der Waals surface area contributed by atoms with Gasteiger partial charge in [-0.05, 0) is 37.6 Å². The molecule has 2 aromatic rings. The van der Waals surface area contributed by atoms with Gasteiger partial charge < -0.3 is 14.2 Å². The Bertz CT molecular complexity index is 1010. The van der Waals surface area contributed by atoms with Gasteiger partial charge in [-0.25, -0.2) is 4.79 Å². The summed E-state index contributed by atoms with van der Waals surface area (Å²) >= 11 is 0. The van der Waals surface area contributed by atoms with E-state index in [-0.39, 0.29) is 37.1 Å². The highest BCUT2D eigenvalue weighted by Gasteiger charge is 2.34. The summed E-state index contributed by atoms with van der Waals surface area (Å²) in [4.78, 5) is 38.5. The van der Waals surface area contributed by atoms with Gasteiger partial charge in [0.2, 0.25) is 0 Å². The van der Waals surface area contributed by atoms with Crippen molar-refractivity contribution in [1.82, 2.24) is 4.90 Å². The van der Waals surface area contributed by atoms with Crippen molar-refractivity contribution in [2.45, 2.75) is 19.8 Å². The van der Waals surface area contributed by atoms with Crippen LogP contribution in [0, 0.1) is 0 Å². The van der Waals surface area contributed by atoms with Crippen molar-refractivity contribution in [3.8, 4) is 11.5 Å². The molecule has 0 saturated carbocycles. The maximum atomic E-state index is 12.5. The van der Waals surface area contributed by atoms with Crippen LogP contribution in [0.2, 0.25) is 0 Å². The third-order valence-corrected chi connectivity index (χ3v) is 4.90. The van der Waals surface area contributed by atoms with Gasteiger partial charge >= 0.3 is 5.97 Å². The SMILES string of the molecule is CCOC(=O)/C(CCCN1C(=O)c2ccccc2C1=O)=N/Nc1ccc(OC)cc1OC. The standard InChI is InChI=1S/C23H25N3O6/c1-4-32-23(29)19(25-24-18-12-11-15(30-2)14-20(18)31-3)10-7-13-26-21(27)16-8-5-6-9-17(16)22(26)28/h5-6,8-9,11-12,14,24H,4,7,10,13H2,1-3H3/b25-19+. The molecule has 0 aliphatic carbocycles. The Hall–Kier alpha value is -3.88. The minimum Gasteiger partial charge on any atom is -0.497 e. The van der Waals surface area contributed by atoms with Gasteiger partial charge in [0, 0.05) is 19.0 Å². The largest absolute Gasteiger partial charge is 0.497 e. The van der Waals surface area contributed by atoms with Gasteiger partial charge in [-0.2, -0.15) is 5.10 Å². The number of nitrogens with zero attached hydrogens (tertiary/aromatic N) is 2. The number of nitrogens with one attached hydrogen (secondary N) is 1. The van der Waals surface area contributed by atoms with E-state index in [0.29, 0.717) is 34.7 Å². The zero-order chi connectivity index (χ0) is 23.1. The van der Waals surface area contributed by atoms with E-state index in [1.54, 1.807) is 56.5 Å². The molecule has 32 heavy (non-hydrogen) atoms. The van der Waals surface area contributed by atoms with Crippen LogP contribution in [0.3, 0.4) is 0 Å². The van der Waals surface area contributed by atoms with Crippen LogP contribution in [0.5, 0.6) is 11.5 Å². The highest BCUT2D eigenvalue weighted by molar-refractivity contribution is 6.36. The molecule has 0 atom stereocenters. The van der Waals surface area contributed by atoms with E-state index in [1.807, 2.05) is 0 Å². The predicted octanol–water partition coefficient (Wildman–Crippen LogP) is 3.11. The van der Waals surface area contributed by atoms with Crippen molar-refractivity contribution in [2.24, 2.45) is 5.10 Å². The molecule has 2 amide bonds. The van der Waals surface area contributed by atoms with Crippen molar-refractivity contribution in [3.63, 3.8) is 0 Å². The molecule has 0 radical (unpaired) electrons. The van der Waals surface area contributed by atoms with Crippen LogP contribution >= 0.6 is 0 Å².